The van der Waals surface area contributed by atoms with Gasteiger partial charge in [-0.15, -0.1) is 0 Å². The molecule has 0 spiro atoms. The molecule has 20 heavy (non-hydrogen) atoms. The van der Waals surface area contributed by atoms with E-state index in [0.717, 1.165) is 50.2 Å². The van der Waals surface area contributed by atoms with Gasteiger partial charge in [-0.2, -0.15) is 0 Å². The number of fused-ring (bicyclic) bond motifs is 1. The highest BCUT2D eigenvalue weighted by Gasteiger charge is 2.42. The fraction of sp³-hybridized carbons (Fsp3) is 0.647. The minimum Gasteiger partial charge on any atom is -0.493 e. The average molecular weight is 275 g/mol. The fourth-order valence-electron chi connectivity index (χ4n) is 3.75. The van der Waals surface area contributed by atoms with E-state index in [1.807, 2.05) is 0 Å². The lowest BCUT2D eigenvalue weighted by atomic mass is 9.85. The summed E-state index contributed by atoms with van der Waals surface area (Å²) >= 11 is 0. The zero-order valence-electron chi connectivity index (χ0n) is 12.4. The topological polar surface area (TPSA) is 44.5 Å². The smallest absolute Gasteiger partial charge is 0.127 e. The van der Waals surface area contributed by atoms with Gasteiger partial charge < -0.3 is 15.2 Å². The molecule has 0 amide bonds. The standard InChI is InChI=1S/C17H25NO2/c1-2-20-17(10-3-4-11-17)16(18)14-9-5-7-13-8-6-12-19-15(13)14/h5,7,9,16H,2-4,6,8,10-12,18H2,1H3. The van der Waals surface area contributed by atoms with E-state index in [4.69, 9.17) is 15.2 Å². The average Bonchev–Trinajstić information content (AvgIpc) is 2.96. The first-order valence-electron chi connectivity index (χ1n) is 7.91. The second-order valence-electron chi connectivity index (χ2n) is 5.97. The van der Waals surface area contributed by atoms with Gasteiger partial charge in [-0.1, -0.05) is 31.0 Å². The van der Waals surface area contributed by atoms with Crippen LogP contribution in [0.25, 0.3) is 0 Å². The highest BCUT2D eigenvalue weighted by molar-refractivity contribution is 5.45. The molecule has 1 aliphatic heterocycles. The quantitative estimate of drug-likeness (QED) is 0.916. The number of hydrogen-bond acceptors (Lipinski definition) is 3. The summed E-state index contributed by atoms with van der Waals surface area (Å²) in [6, 6.07) is 6.30. The first kappa shape index (κ1) is 13.9. The molecule has 1 aliphatic carbocycles. The van der Waals surface area contributed by atoms with Crippen LogP contribution in [0.4, 0.5) is 0 Å². The monoisotopic (exact) mass is 275 g/mol. The maximum atomic E-state index is 6.64. The predicted molar refractivity (Wildman–Crippen MR) is 80.0 cm³/mol. The van der Waals surface area contributed by atoms with E-state index in [1.165, 1.54) is 18.4 Å². The van der Waals surface area contributed by atoms with Crippen molar-refractivity contribution >= 4 is 0 Å². The van der Waals surface area contributed by atoms with Gasteiger partial charge in [-0.05, 0) is 38.2 Å². The van der Waals surface area contributed by atoms with Crippen LogP contribution in [0.5, 0.6) is 5.75 Å². The molecule has 1 heterocycles. The highest BCUT2D eigenvalue weighted by atomic mass is 16.5. The SMILES string of the molecule is CCOC1(C(N)c2cccc3c2OCCC3)CCCC1. The first-order chi connectivity index (χ1) is 9.77. The molecule has 1 aromatic rings. The number of hydrogen-bond donors (Lipinski definition) is 1. The van der Waals surface area contributed by atoms with E-state index < -0.39 is 0 Å². The molecule has 0 saturated heterocycles. The summed E-state index contributed by atoms with van der Waals surface area (Å²) in [7, 11) is 0. The van der Waals surface area contributed by atoms with E-state index in [0.29, 0.717) is 0 Å². The van der Waals surface area contributed by atoms with Gasteiger partial charge >= 0.3 is 0 Å². The van der Waals surface area contributed by atoms with Crippen LogP contribution in [-0.2, 0) is 11.2 Å². The molecule has 0 aromatic heterocycles. The Bertz CT molecular complexity index is 466. The Morgan fingerprint density at radius 2 is 2.10 bits per heavy atom. The first-order valence-corrected chi connectivity index (χ1v) is 7.91. The van der Waals surface area contributed by atoms with E-state index in [-0.39, 0.29) is 11.6 Å². The van der Waals surface area contributed by atoms with Crippen molar-refractivity contribution in [3.63, 3.8) is 0 Å². The zero-order valence-corrected chi connectivity index (χ0v) is 12.4. The summed E-state index contributed by atoms with van der Waals surface area (Å²) in [6.45, 7) is 3.59. The summed E-state index contributed by atoms with van der Waals surface area (Å²) in [4.78, 5) is 0. The molecule has 110 valence electrons. The van der Waals surface area contributed by atoms with Crippen LogP contribution in [0.15, 0.2) is 18.2 Å². The number of aryl methyl sites for hydroxylation is 1. The summed E-state index contributed by atoms with van der Waals surface area (Å²) in [6.07, 6.45) is 6.74. The number of ether oxygens (including phenoxy) is 2. The van der Waals surface area contributed by atoms with Crippen molar-refractivity contribution in [2.24, 2.45) is 5.73 Å². The van der Waals surface area contributed by atoms with Gasteiger partial charge in [0.25, 0.3) is 0 Å². The van der Waals surface area contributed by atoms with E-state index >= 15 is 0 Å². The van der Waals surface area contributed by atoms with Gasteiger partial charge in [-0.25, -0.2) is 0 Å². The van der Waals surface area contributed by atoms with Crippen LogP contribution >= 0.6 is 0 Å². The van der Waals surface area contributed by atoms with Crippen LogP contribution in [0.3, 0.4) is 0 Å². The largest absolute Gasteiger partial charge is 0.493 e. The van der Waals surface area contributed by atoms with Gasteiger partial charge in [0, 0.05) is 12.2 Å². The molecule has 1 saturated carbocycles. The predicted octanol–water partition coefficient (Wildman–Crippen LogP) is 3.36. The van der Waals surface area contributed by atoms with E-state index in [1.54, 1.807) is 0 Å². The van der Waals surface area contributed by atoms with Gasteiger partial charge in [0.05, 0.1) is 18.2 Å². The third kappa shape index (κ3) is 2.33. The number of rotatable bonds is 4. The maximum absolute atomic E-state index is 6.64. The van der Waals surface area contributed by atoms with Gasteiger partial charge in [0.15, 0.2) is 0 Å². The molecule has 3 heteroatoms. The van der Waals surface area contributed by atoms with Gasteiger partial charge in [-0.3, -0.25) is 0 Å². The van der Waals surface area contributed by atoms with Crippen molar-refractivity contribution in [1.29, 1.82) is 0 Å². The lowest BCUT2D eigenvalue weighted by molar-refractivity contribution is -0.0541. The normalized spacial score (nSPS) is 22.1. The summed E-state index contributed by atoms with van der Waals surface area (Å²) in [5, 5.41) is 0. The van der Waals surface area contributed by atoms with Crippen molar-refractivity contribution in [3.05, 3.63) is 29.3 Å². The Balaban J connectivity index is 1.95. The van der Waals surface area contributed by atoms with Crippen molar-refractivity contribution in [3.8, 4) is 5.75 Å². The molecular formula is C17H25NO2. The Labute approximate surface area is 121 Å². The Kier molecular flexibility index (Phi) is 3.99. The van der Waals surface area contributed by atoms with Crippen LogP contribution in [0, 0.1) is 0 Å². The summed E-state index contributed by atoms with van der Waals surface area (Å²) < 4.78 is 12.0. The van der Waals surface area contributed by atoms with Crippen LogP contribution in [0.2, 0.25) is 0 Å². The van der Waals surface area contributed by atoms with Crippen molar-refractivity contribution in [1.82, 2.24) is 0 Å². The van der Waals surface area contributed by atoms with Crippen molar-refractivity contribution in [2.75, 3.05) is 13.2 Å². The number of benzene rings is 1. The number of nitrogens with two attached hydrogens (primary N) is 1. The summed E-state index contributed by atoms with van der Waals surface area (Å²) in [5.41, 5.74) is 8.89. The minimum absolute atomic E-state index is 0.0852. The van der Waals surface area contributed by atoms with Crippen LogP contribution < -0.4 is 10.5 Å². The Morgan fingerprint density at radius 3 is 2.85 bits per heavy atom. The maximum Gasteiger partial charge on any atom is 0.127 e. The molecule has 2 N–H and O–H groups in total. The zero-order chi connectivity index (χ0) is 14.0. The van der Waals surface area contributed by atoms with Crippen molar-refractivity contribution in [2.45, 2.75) is 57.1 Å². The molecule has 0 bridgehead atoms. The Morgan fingerprint density at radius 1 is 1.30 bits per heavy atom. The molecule has 1 fully saturated rings. The second kappa shape index (κ2) is 5.74. The van der Waals surface area contributed by atoms with E-state index in [9.17, 15) is 0 Å². The molecule has 1 unspecified atom stereocenters. The molecular weight excluding hydrogens is 250 g/mol. The molecule has 3 rings (SSSR count). The highest BCUT2D eigenvalue weighted by Crippen LogP contribution is 2.45. The molecule has 1 atom stereocenters. The molecule has 1 aromatic carbocycles. The third-order valence-electron chi connectivity index (χ3n) is 4.75. The van der Waals surface area contributed by atoms with Gasteiger partial charge in [0.2, 0.25) is 0 Å². The third-order valence-corrected chi connectivity index (χ3v) is 4.75. The fourth-order valence-corrected chi connectivity index (χ4v) is 3.75. The minimum atomic E-state index is -0.190. The lowest BCUT2D eigenvalue weighted by Crippen LogP contribution is -2.41. The van der Waals surface area contributed by atoms with Crippen LogP contribution in [-0.4, -0.2) is 18.8 Å². The number of para-hydroxylation sites is 1. The Hall–Kier alpha value is -1.06. The molecule has 3 nitrogen and oxygen atoms in total. The van der Waals surface area contributed by atoms with Gasteiger partial charge in [0.1, 0.15) is 5.75 Å². The molecule has 2 aliphatic rings. The van der Waals surface area contributed by atoms with Crippen LogP contribution in [0.1, 0.15) is 56.2 Å². The van der Waals surface area contributed by atoms with E-state index in [2.05, 4.69) is 25.1 Å². The summed E-state index contributed by atoms with van der Waals surface area (Å²) in [5.74, 6) is 1.03. The molecule has 0 radical (unpaired) electrons. The van der Waals surface area contributed by atoms with Crippen molar-refractivity contribution < 1.29 is 9.47 Å². The second-order valence-corrected chi connectivity index (χ2v) is 5.97. The lowest BCUT2D eigenvalue weighted by Gasteiger charge is -2.36.